The Morgan fingerprint density at radius 2 is 1.75 bits per heavy atom. The highest BCUT2D eigenvalue weighted by molar-refractivity contribution is 5.94. The van der Waals surface area contributed by atoms with E-state index in [1.165, 1.54) is 12.4 Å². The molecule has 0 spiro atoms. The minimum Gasteiger partial charge on any atom is -0.484 e. The molecule has 1 heterocycles. The van der Waals surface area contributed by atoms with E-state index < -0.39 is 5.91 Å². The average molecular weight is 378 g/mol. The van der Waals surface area contributed by atoms with Crippen LogP contribution >= 0.6 is 0 Å². The summed E-state index contributed by atoms with van der Waals surface area (Å²) in [5.41, 5.74) is 0.529. The van der Waals surface area contributed by atoms with E-state index in [0.717, 1.165) is 0 Å². The van der Waals surface area contributed by atoms with E-state index in [0.29, 0.717) is 23.1 Å². The molecule has 1 aromatic heterocycles. The topological polar surface area (TPSA) is 102 Å². The first-order valence-corrected chi connectivity index (χ1v) is 8.47. The summed E-state index contributed by atoms with van der Waals surface area (Å²) in [5.74, 6) is 0.667. The van der Waals surface area contributed by atoms with E-state index in [1.807, 2.05) is 18.2 Å². The normalized spacial score (nSPS) is 10.0. The van der Waals surface area contributed by atoms with Crippen LogP contribution in [0.2, 0.25) is 0 Å². The molecule has 0 saturated carbocycles. The number of nitrogens with zero attached hydrogens (tertiary/aromatic N) is 2. The molecule has 8 nitrogen and oxygen atoms in total. The lowest BCUT2D eigenvalue weighted by molar-refractivity contribution is -0.125. The van der Waals surface area contributed by atoms with Gasteiger partial charge in [0, 0.05) is 24.1 Å². The number of anilines is 1. The fourth-order valence-electron chi connectivity index (χ4n) is 2.20. The molecule has 0 saturated heterocycles. The lowest BCUT2D eigenvalue weighted by Crippen LogP contribution is -2.35. The van der Waals surface area contributed by atoms with Crippen LogP contribution in [0.1, 0.15) is 0 Å². The highest BCUT2D eigenvalue weighted by atomic mass is 16.5. The van der Waals surface area contributed by atoms with Gasteiger partial charge in [-0.05, 0) is 24.3 Å². The van der Waals surface area contributed by atoms with Crippen molar-refractivity contribution in [2.45, 2.75) is 0 Å². The van der Waals surface area contributed by atoms with E-state index in [-0.39, 0.29) is 19.1 Å². The third-order valence-corrected chi connectivity index (χ3v) is 3.44. The van der Waals surface area contributed by atoms with E-state index in [4.69, 9.17) is 9.47 Å². The Kier molecular flexibility index (Phi) is 6.51. The molecular weight excluding hydrogens is 360 g/mol. The molecule has 0 aliphatic rings. The third kappa shape index (κ3) is 6.10. The summed E-state index contributed by atoms with van der Waals surface area (Å²) in [4.78, 5) is 31.8. The van der Waals surface area contributed by atoms with Gasteiger partial charge in [0.05, 0.1) is 12.7 Å². The van der Waals surface area contributed by atoms with Crippen molar-refractivity contribution in [2.24, 2.45) is 0 Å². The third-order valence-electron chi connectivity index (χ3n) is 3.44. The van der Waals surface area contributed by atoms with Crippen molar-refractivity contribution in [3.63, 3.8) is 0 Å². The standard InChI is InChI=1S/C20H18N4O4/c25-18(12-23-19(26)14-27-16-6-2-1-3-7-16)24-15-5-4-8-17(11-15)28-20-13-21-9-10-22-20/h1-11,13H,12,14H2,(H,23,26)(H,24,25). The Labute approximate surface area is 161 Å². The lowest BCUT2D eigenvalue weighted by atomic mass is 10.3. The molecule has 3 rings (SSSR count). The zero-order valence-electron chi connectivity index (χ0n) is 14.9. The second-order valence-electron chi connectivity index (χ2n) is 5.60. The van der Waals surface area contributed by atoms with Gasteiger partial charge in [-0.2, -0.15) is 0 Å². The van der Waals surface area contributed by atoms with Gasteiger partial charge in [0.15, 0.2) is 6.61 Å². The van der Waals surface area contributed by atoms with Crippen LogP contribution in [-0.2, 0) is 9.59 Å². The number of benzene rings is 2. The Bertz CT molecular complexity index is 920. The number of para-hydroxylation sites is 1. The number of ether oxygens (including phenoxy) is 2. The van der Waals surface area contributed by atoms with Crippen LogP contribution in [-0.4, -0.2) is 34.9 Å². The Balaban J connectivity index is 1.44. The monoisotopic (exact) mass is 378 g/mol. The van der Waals surface area contributed by atoms with Crippen molar-refractivity contribution in [3.8, 4) is 17.4 Å². The number of amides is 2. The zero-order valence-corrected chi connectivity index (χ0v) is 14.9. The van der Waals surface area contributed by atoms with Crippen molar-refractivity contribution in [1.82, 2.24) is 15.3 Å². The SMILES string of the molecule is O=C(COc1ccccc1)NCC(=O)Nc1cccc(Oc2cnccn2)c1. The van der Waals surface area contributed by atoms with Crippen LogP contribution in [0, 0.1) is 0 Å². The number of carbonyl (C=O) groups is 2. The van der Waals surface area contributed by atoms with Crippen molar-refractivity contribution in [3.05, 3.63) is 73.2 Å². The molecule has 28 heavy (non-hydrogen) atoms. The maximum Gasteiger partial charge on any atom is 0.258 e. The van der Waals surface area contributed by atoms with E-state index >= 15 is 0 Å². The van der Waals surface area contributed by atoms with Crippen LogP contribution in [0.4, 0.5) is 5.69 Å². The molecule has 0 fully saturated rings. The van der Waals surface area contributed by atoms with Crippen LogP contribution < -0.4 is 20.1 Å². The lowest BCUT2D eigenvalue weighted by Gasteiger charge is -2.09. The van der Waals surface area contributed by atoms with Gasteiger partial charge in [0.25, 0.3) is 5.91 Å². The highest BCUT2D eigenvalue weighted by Gasteiger charge is 2.08. The molecule has 0 unspecified atom stereocenters. The summed E-state index contributed by atoms with van der Waals surface area (Å²) in [5, 5.41) is 5.19. The van der Waals surface area contributed by atoms with Gasteiger partial charge in [-0.25, -0.2) is 4.98 Å². The molecule has 8 heteroatoms. The van der Waals surface area contributed by atoms with Gasteiger partial charge >= 0.3 is 0 Å². The molecule has 2 amide bonds. The molecule has 2 aromatic carbocycles. The summed E-state index contributed by atoms with van der Waals surface area (Å²) in [6.45, 7) is -0.342. The highest BCUT2D eigenvalue weighted by Crippen LogP contribution is 2.21. The minimum atomic E-state index is -0.390. The van der Waals surface area contributed by atoms with Crippen molar-refractivity contribution in [1.29, 1.82) is 0 Å². The van der Waals surface area contributed by atoms with Crippen LogP contribution in [0.25, 0.3) is 0 Å². The molecular formula is C20H18N4O4. The number of rotatable bonds is 8. The van der Waals surface area contributed by atoms with Gasteiger partial charge in [-0.15, -0.1) is 0 Å². The summed E-state index contributed by atoms with van der Waals surface area (Å²) in [6, 6.07) is 15.8. The first kappa shape index (κ1) is 18.8. The van der Waals surface area contributed by atoms with E-state index in [9.17, 15) is 9.59 Å². The Morgan fingerprint density at radius 1 is 0.929 bits per heavy atom. The van der Waals surface area contributed by atoms with Gasteiger partial charge in [0.2, 0.25) is 11.8 Å². The number of hydrogen-bond acceptors (Lipinski definition) is 6. The largest absolute Gasteiger partial charge is 0.484 e. The quantitative estimate of drug-likeness (QED) is 0.624. The van der Waals surface area contributed by atoms with Gasteiger partial charge in [-0.3, -0.25) is 14.6 Å². The van der Waals surface area contributed by atoms with Crippen LogP contribution in [0.15, 0.2) is 73.2 Å². The smallest absolute Gasteiger partial charge is 0.258 e. The predicted molar refractivity (Wildman–Crippen MR) is 102 cm³/mol. The number of carbonyl (C=O) groups excluding carboxylic acids is 2. The molecule has 0 bridgehead atoms. The predicted octanol–water partition coefficient (Wildman–Crippen LogP) is 2.40. The number of hydrogen-bond donors (Lipinski definition) is 2. The summed E-state index contributed by atoms with van der Waals surface area (Å²) >= 11 is 0. The summed E-state index contributed by atoms with van der Waals surface area (Å²) < 4.78 is 10.9. The number of nitrogens with one attached hydrogen (secondary N) is 2. The fourth-order valence-corrected chi connectivity index (χ4v) is 2.20. The molecule has 0 atom stereocenters. The van der Waals surface area contributed by atoms with Gasteiger partial charge in [0.1, 0.15) is 11.5 Å². The van der Waals surface area contributed by atoms with E-state index in [1.54, 1.807) is 42.6 Å². The fraction of sp³-hybridized carbons (Fsp3) is 0.100. The van der Waals surface area contributed by atoms with Gasteiger partial charge in [-0.1, -0.05) is 24.3 Å². The van der Waals surface area contributed by atoms with E-state index in [2.05, 4.69) is 20.6 Å². The van der Waals surface area contributed by atoms with Crippen LogP contribution in [0.5, 0.6) is 17.4 Å². The molecule has 0 aliphatic carbocycles. The average Bonchev–Trinajstić information content (AvgIpc) is 2.72. The maximum absolute atomic E-state index is 12.0. The molecule has 2 N–H and O–H groups in total. The first-order valence-electron chi connectivity index (χ1n) is 8.47. The first-order chi connectivity index (χ1) is 13.7. The Morgan fingerprint density at radius 3 is 2.54 bits per heavy atom. The maximum atomic E-state index is 12.0. The van der Waals surface area contributed by atoms with Crippen LogP contribution in [0.3, 0.4) is 0 Å². The zero-order chi connectivity index (χ0) is 19.6. The van der Waals surface area contributed by atoms with Crippen molar-refractivity contribution in [2.75, 3.05) is 18.5 Å². The second kappa shape index (κ2) is 9.67. The minimum absolute atomic E-state index is 0.168. The Hall–Kier alpha value is -3.94. The van der Waals surface area contributed by atoms with Gasteiger partial charge < -0.3 is 20.1 Å². The van der Waals surface area contributed by atoms with Crippen molar-refractivity contribution >= 4 is 17.5 Å². The molecule has 142 valence electrons. The van der Waals surface area contributed by atoms with Crippen molar-refractivity contribution < 1.29 is 19.1 Å². The summed E-state index contributed by atoms with van der Waals surface area (Å²) in [6.07, 6.45) is 4.55. The molecule has 3 aromatic rings. The second-order valence-corrected chi connectivity index (χ2v) is 5.60. The molecule has 0 radical (unpaired) electrons. The molecule has 0 aliphatic heterocycles. The summed E-state index contributed by atoms with van der Waals surface area (Å²) in [7, 11) is 0. The number of aromatic nitrogens is 2.